The molecule has 6 heteroatoms. The van der Waals surface area contributed by atoms with E-state index in [1.54, 1.807) is 22.8 Å². The van der Waals surface area contributed by atoms with Crippen LogP contribution in [0.2, 0.25) is 0 Å². The standard InChI is InChI=1S/C9H15N3O2S/c1-12-9(10-7-11-12)15-6-3-8-13-4-2-5-14-8/h7-8H,2-6H2,1H3. The second-order valence-electron chi connectivity index (χ2n) is 3.33. The molecular weight excluding hydrogens is 214 g/mol. The molecule has 0 aliphatic carbocycles. The first-order chi connectivity index (χ1) is 7.36. The van der Waals surface area contributed by atoms with Gasteiger partial charge in [0.25, 0.3) is 0 Å². The Morgan fingerprint density at radius 2 is 2.33 bits per heavy atom. The van der Waals surface area contributed by atoms with Crippen LogP contribution in [0.25, 0.3) is 0 Å². The van der Waals surface area contributed by atoms with Crippen molar-refractivity contribution in [1.29, 1.82) is 0 Å². The third-order valence-electron chi connectivity index (χ3n) is 2.15. The quantitative estimate of drug-likeness (QED) is 0.723. The molecule has 1 fully saturated rings. The van der Waals surface area contributed by atoms with Gasteiger partial charge in [0.15, 0.2) is 11.4 Å². The second kappa shape index (κ2) is 5.48. The van der Waals surface area contributed by atoms with Crippen molar-refractivity contribution in [2.24, 2.45) is 7.05 Å². The molecule has 2 rings (SSSR count). The SMILES string of the molecule is Cn1ncnc1SCCC1OCCCO1. The molecule has 1 aliphatic rings. The van der Waals surface area contributed by atoms with E-state index in [4.69, 9.17) is 9.47 Å². The number of thioether (sulfide) groups is 1. The van der Waals surface area contributed by atoms with Crippen molar-refractivity contribution in [3.63, 3.8) is 0 Å². The van der Waals surface area contributed by atoms with E-state index in [0.29, 0.717) is 0 Å². The fourth-order valence-corrected chi connectivity index (χ4v) is 2.21. The molecule has 1 aliphatic heterocycles. The monoisotopic (exact) mass is 229 g/mol. The van der Waals surface area contributed by atoms with Gasteiger partial charge in [-0.05, 0) is 6.42 Å². The lowest BCUT2D eigenvalue weighted by Crippen LogP contribution is -2.25. The van der Waals surface area contributed by atoms with E-state index in [-0.39, 0.29) is 6.29 Å². The summed E-state index contributed by atoms with van der Waals surface area (Å²) in [5.74, 6) is 0.942. The highest BCUT2D eigenvalue weighted by atomic mass is 32.2. The van der Waals surface area contributed by atoms with Gasteiger partial charge in [-0.3, -0.25) is 0 Å². The van der Waals surface area contributed by atoms with E-state index in [0.717, 1.165) is 37.0 Å². The van der Waals surface area contributed by atoms with E-state index in [1.807, 2.05) is 7.05 Å². The number of hydrogen-bond donors (Lipinski definition) is 0. The van der Waals surface area contributed by atoms with E-state index in [1.165, 1.54) is 0 Å². The van der Waals surface area contributed by atoms with Crippen LogP contribution in [0.5, 0.6) is 0 Å². The van der Waals surface area contributed by atoms with E-state index >= 15 is 0 Å². The average molecular weight is 229 g/mol. The first kappa shape index (κ1) is 10.9. The van der Waals surface area contributed by atoms with Gasteiger partial charge in [0.05, 0.1) is 13.2 Å². The molecule has 5 nitrogen and oxygen atoms in total. The Labute approximate surface area is 93.2 Å². The molecule has 0 atom stereocenters. The highest BCUT2D eigenvalue weighted by molar-refractivity contribution is 7.99. The maximum absolute atomic E-state index is 5.45. The predicted octanol–water partition coefficient (Wildman–Crippen LogP) is 1.06. The first-order valence-electron chi connectivity index (χ1n) is 5.06. The summed E-state index contributed by atoms with van der Waals surface area (Å²) in [6, 6.07) is 0. The van der Waals surface area contributed by atoms with E-state index in [9.17, 15) is 0 Å². The normalized spacial score (nSPS) is 18.2. The highest BCUT2D eigenvalue weighted by Gasteiger charge is 2.14. The van der Waals surface area contributed by atoms with Gasteiger partial charge in [0.2, 0.25) is 0 Å². The second-order valence-corrected chi connectivity index (χ2v) is 4.39. The molecule has 0 bridgehead atoms. The summed E-state index contributed by atoms with van der Waals surface area (Å²) < 4.78 is 12.7. The maximum atomic E-state index is 5.45. The van der Waals surface area contributed by atoms with Crippen molar-refractivity contribution >= 4 is 11.8 Å². The van der Waals surface area contributed by atoms with Gasteiger partial charge in [-0.1, -0.05) is 11.8 Å². The van der Waals surface area contributed by atoms with Crippen molar-refractivity contribution < 1.29 is 9.47 Å². The molecule has 84 valence electrons. The zero-order valence-corrected chi connectivity index (χ0v) is 9.57. The van der Waals surface area contributed by atoms with Crippen LogP contribution in [0.15, 0.2) is 11.5 Å². The minimum Gasteiger partial charge on any atom is -0.353 e. The molecule has 1 saturated heterocycles. The lowest BCUT2D eigenvalue weighted by molar-refractivity contribution is -0.178. The van der Waals surface area contributed by atoms with Crippen molar-refractivity contribution in [2.75, 3.05) is 19.0 Å². The maximum Gasteiger partial charge on any atom is 0.185 e. The summed E-state index contributed by atoms with van der Waals surface area (Å²) in [6.07, 6.45) is 3.44. The van der Waals surface area contributed by atoms with Crippen molar-refractivity contribution in [1.82, 2.24) is 14.8 Å². The van der Waals surface area contributed by atoms with Gasteiger partial charge < -0.3 is 9.47 Å². The smallest absolute Gasteiger partial charge is 0.185 e. The summed E-state index contributed by atoms with van der Waals surface area (Å²) in [6.45, 7) is 1.64. The van der Waals surface area contributed by atoms with Gasteiger partial charge in [-0.2, -0.15) is 5.10 Å². The number of aromatic nitrogens is 3. The molecule has 15 heavy (non-hydrogen) atoms. The highest BCUT2D eigenvalue weighted by Crippen LogP contribution is 2.17. The molecule has 1 aromatic rings. The summed E-state index contributed by atoms with van der Waals surface area (Å²) in [4.78, 5) is 4.13. The summed E-state index contributed by atoms with van der Waals surface area (Å²) >= 11 is 1.68. The van der Waals surface area contributed by atoms with Gasteiger partial charge in [0.1, 0.15) is 6.33 Å². The molecule has 2 heterocycles. The predicted molar refractivity (Wildman–Crippen MR) is 56.7 cm³/mol. The lowest BCUT2D eigenvalue weighted by Gasteiger charge is -2.22. The Morgan fingerprint density at radius 1 is 1.53 bits per heavy atom. The zero-order chi connectivity index (χ0) is 10.5. The molecule has 0 saturated carbocycles. The number of rotatable bonds is 4. The van der Waals surface area contributed by atoms with Crippen LogP contribution in [-0.4, -0.2) is 40.0 Å². The molecule has 1 aromatic heterocycles. The first-order valence-corrected chi connectivity index (χ1v) is 6.05. The molecular formula is C9H15N3O2S. The average Bonchev–Trinajstić information content (AvgIpc) is 2.66. The minimum atomic E-state index is -0.0283. The van der Waals surface area contributed by atoms with Gasteiger partial charge in [-0.15, -0.1) is 0 Å². The van der Waals surface area contributed by atoms with E-state index in [2.05, 4.69) is 10.1 Å². The molecule has 0 spiro atoms. The summed E-state index contributed by atoms with van der Waals surface area (Å²) in [5, 5.41) is 4.94. The van der Waals surface area contributed by atoms with Crippen molar-refractivity contribution in [3.8, 4) is 0 Å². The Hall–Kier alpha value is -0.590. The Bertz CT molecular complexity index is 299. The number of ether oxygens (including phenoxy) is 2. The van der Waals surface area contributed by atoms with Crippen LogP contribution >= 0.6 is 11.8 Å². The van der Waals surface area contributed by atoms with Gasteiger partial charge in [-0.25, -0.2) is 9.67 Å². The van der Waals surface area contributed by atoms with E-state index < -0.39 is 0 Å². The van der Waals surface area contributed by atoms with Gasteiger partial charge in [0, 0.05) is 19.2 Å². The zero-order valence-electron chi connectivity index (χ0n) is 8.76. The number of hydrogen-bond acceptors (Lipinski definition) is 5. The van der Waals surface area contributed by atoms with Crippen LogP contribution in [0.3, 0.4) is 0 Å². The van der Waals surface area contributed by atoms with Crippen LogP contribution in [0, 0.1) is 0 Å². The van der Waals surface area contributed by atoms with Crippen LogP contribution in [-0.2, 0) is 16.5 Å². The van der Waals surface area contributed by atoms with Crippen LogP contribution < -0.4 is 0 Å². The summed E-state index contributed by atoms with van der Waals surface area (Å²) in [7, 11) is 1.89. The Balaban J connectivity index is 1.68. The Morgan fingerprint density at radius 3 is 3.00 bits per heavy atom. The van der Waals surface area contributed by atoms with Crippen molar-refractivity contribution in [2.45, 2.75) is 24.3 Å². The largest absolute Gasteiger partial charge is 0.353 e. The third-order valence-corrected chi connectivity index (χ3v) is 3.22. The van der Waals surface area contributed by atoms with Gasteiger partial charge >= 0.3 is 0 Å². The Kier molecular flexibility index (Phi) is 3.99. The summed E-state index contributed by atoms with van der Waals surface area (Å²) in [5.41, 5.74) is 0. The molecule has 0 amide bonds. The third kappa shape index (κ3) is 3.19. The topological polar surface area (TPSA) is 49.2 Å². The van der Waals surface area contributed by atoms with Crippen molar-refractivity contribution in [3.05, 3.63) is 6.33 Å². The fourth-order valence-electron chi connectivity index (χ4n) is 1.37. The number of nitrogens with zero attached hydrogens (tertiary/aromatic N) is 3. The van der Waals surface area contributed by atoms with Crippen LogP contribution in [0.4, 0.5) is 0 Å². The molecule has 0 radical (unpaired) electrons. The van der Waals surface area contributed by atoms with Crippen LogP contribution in [0.1, 0.15) is 12.8 Å². The fraction of sp³-hybridized carbons (Fsp3) is 0.778. The molecule has 0 unspecified atom stereocenters. The minimum absolute atomic E-state index is 0.0283. The molecule has 0 aromatic carbocycles. The lowest BCUT2D eigenvalue weighted by atomic mass is 10.4. The molecule has 0 N–H and O–H groups in total. The number of aryl methyl sites for hydroxylation is 1.